The van der Waals surface area contributed by atoms with Crippen LogP contribution in [0.3, 0.4) is 0 Å². The zero-order chi connectivity index (χ0) is 14.6. The van der Waals surface area contributed by atoms with Gasteiger partial charge in [0.25, 0.3) is 0 Å². The lowest BCUT2D eigenvalue weighted by Gasteiger charge is -2.36. The molecule has 2 unspecified atom stereocenters. The molecule has 110 valence electrons. The predicted octanol–water partition coefficient (Wildman–Crippen LogP) is 1.83. The SMILES string of the molecule is CC1CC(C(=O)O)CCN1C(=O)NCCC(F)(F)F. The van der Waals surface area contributed by atoms with Crippen LogP contribution in [0.1, 0.15) is 26.2 Å². The Hall–Kier alpha value is -1.47. The summed E-state index contributed by atoms with van der Waals surface area (Å²) in [6.45, 7) is 1.47. The van der Waals surface area contributed by atoms with E-state index in [4.69, 9.17) is 5.11 Å². The van der Waals surface area contributed by atoms with Crippen molar-refractivity contribution in [3.8, 4) is 0 Å². The van der Waals surface area contributed by atoms with Gasteiger partial charge in [-0.15, -0.1) is 0 Å². The third-order valence-corrected chi connectivity index (χ3v) is 3.17. The van der Waals surface area contributed by atoms with E-state index in [2.05, 4.69) is 5.32 Å². The number of carboxylic acid groups (broad SMARTS) is 1. The summed E-state index contributed by atoms with van der Waals surface area (Å²) in [7, 11) is 0. The second-order valence-electron chi connectivity index (χ2n) is 4.70. The molecule has 1 saturated heterocycles. The van der Waals surface area contributed by atoms with Crippen molar-refractivity contribution in [1.82, 2.24) is 10.2 Å². The standard InChI is InChI=1S/C11H17F3N2O3/c1-7-6-8(9(17)18)2-5-16(7)10(19)15-4-3-11(12,13)14/h7-8H,2-6H2,1H3,(H,15,19)(H,17,18). The van der Waals surface area contributed by atoms with Crippen LogP contribution in [0.4, 0.5) is 18.0 Å². The van der Waals surface area contributed by atoms with Crippen LogP contribution >= 0.6 is 0 Å². The van der Waals surface area contributed by atoms with Crippen LogP contribution in [0.15, 0.2) is 0 Å². The number of nitrogens with one attached hydrogen (secondary N) is 1. The Balaban J connectivity index is 2.40. The Bertz CT molecular complexity index is 347. The highest BCUT2D eigenvalue weighted by atomic mass is 19.4. The number of amides is 2. The lowest BCUT2D eigenvalue weighted by atomic mass is 9.92. The molecular formula is C11H17F3N2O3. The van der Waals surface area contributed by atoms with Gasteiger partial charge in [-0.1, -0.05) is 0 Å². The van der Waals surface area contributed by atoms with E-state index in [0.717, 1.165) is 0 Å². The van der Waals surface area contributed by atoms with Gasteiger partial charge >= 0.3 is 18.2 Å². The minimum Gasteiger partial charge on any atom is -0.481 e. The summed E-state index contributed by atoms with van der Waals surface area (Å²) in [6, 6.07) is -0.860. The number of hydrogen-bond acceptors (Lipinski definition) is 2. The Morgan fingerprint density at radius 2 is 2.05 bits per heavy atom. The molecule has 0 bridgehead atoms. The summed E-state index contributed by atoms with van der Waals surface area (Å²) in [5, 5.41) is 11.1. The van der Waals surface area contributed by atoms with Gasteiger partial charge in [-0.2, -0.15) is 13.2 Å². The minimum atomic E-state index is -4.30. The molecule has 0 aromatic heterocycles. The number of likely N-dealkylation sites (tertiary alicyclic amines) is 1. The molecule has 0 aliphatic carbocycles. The number of carbonyl (C=O) groups excluding carboxylic acids is 1. The van der Waals surface area contributed by atoms with Gasteiger partial charge in [0.15, 0.2) is 0 Å². The first-order valence-electron chi connectivity index (χ1n) is 6.04. The molecule has 0 aromatic carbocycles. The first-order valence-corrected chi connectivity index (χ1v) is 6.04. The summed E-state index contributed by atoms with van der Waals surface area (Å²) >= 11 is 0. The molecule has 1 fully saturated rings. The molecule has 1 rings (SSSR count). The number of carbonyl (C=O) groups is 2. The Kier molecular flexibility index (Phi) is 5.02. The minimum absolute atomic E-state index is 0.246. The second kappa shape index (κ2) is 6.12. The first-order chi connectivity index (χ1) is 8.70. The molecular weight excluding hydrogens is 265 g/mol. The van der Waals surface area contributed by atoms with Crippen LogP contribution in [-0.2, 0) is 4.79 Å². The van der Waals surface area contributed by atoms with Crippen LogP contribution in [0, 0.1) is 5.92 Å². The van der Waals surface area contributed by atoms with Gasteiger partial charge in [0, 0.05) is 19.1 Å². The molecule has 2 amide bonds. The van der Waals surface area contributed by atoms with Crippen LogP contribution in [0.2, 0.25) is 0 Å². The molecule has 1 aliphatic rings. The number of hydrogen-bond donors (Lipinski definition) is 2. The molecule has 0 radical (unpaired) electrons. The number of aliphatic carboxylic acids is 1. The van der Waals surface area contributed by atoms with E-state index in [1.807, 2.05) is 0 Å². The van der Waals surface area contributed by atoms with E-state index in [9.17, 15) is 22.8 Å². The van der Waals surface area contributed by atoms with Gasteiger partial charge in [-0.25, -0.2) is 4.79 Å². The van der Waals surface area contributed by atoms with Crippen LogP contribution in [0.5, 0.6) is 0 Å². The number of alkyl halides is 3. The lowest BCUT2D eigenvalue weighted by Crippen LogP contribution is -2.50. The Morgan fingerprint density at radius 3 is 2.53 bits per heavy atom. The van der Waals surface area contributed by atoms with E-state index in [1.165, 1.54) is 4.90 Å². The van der Waals surface area contributed by atoms with Gasteiger partial charge in [0.1, 0.15) is 0 Å². The summed E-state index contributed by atoms with van der Waals surface area (Å²) < 4.78 is 35.8. The molecule has 0 spiro atoms. The molecule has 8 heteroatoms. The van der Waals surface area contributed by atoms with Crippen molar-refractivity contribution in [2.75, 3.05) is 13.1 Å². The molecule has 1 aliphatic heterocycles. The van der Waals surface area contributed by atoms with Gasteiger partial charge in [0.05, 0.1) is 12.3 Å². The smallest absolute Gasteiger partial charge is 0.390 e. The molecule has 1 heterocycles. The molecule has 5 nitrogen and oxygen atoms in total. The van der Waals surface area contributed by atoms with E-state index in [-0.39, 0.29) is 12.6 Å². The maximum absolute atomic E-state index is 11.9. The van der Waals surface area contributed by atoms with Crippen molar-refractivity contribution in [3.05, 3.63) is 0 Å². The third-order valence-electron chi connectivity index (χ3n) is 3.17. The molecule has 19 heavy (non-hydrogen) atoms. The molecule has 2 N–H and O–H groups in total. The normalized spacial score (nSPS) is 24.1. The zero-order valence-electron chi connectivity index (χ0n) is 10.5. The first kappa shape index (κ1) is 15.6. The highest BCUT2D eigenvalue weighted by Crippen LogP contribution is 2.23. The van der Waals surface area contributed by atoms with Crippen molar-refractivity contribution >= 4 is 12.0 Å². The van der Waals surface area contributed by atoms with E-state index < -0.39 is 37.1 Å². The summed E-state index contributed by atoms with van der Waals surface area (Å²) in [5.41, 5.74) is 0. The van der Waals surface area contributed by atoms with Crippen LogP contribution in [0.25, 0.3) is 0 Å². The fraction of sp³-hybridized carbons (Fsp3) is 0.818. The van der Waals surface area contributed by atoms with Crippen molar-refractivity contribution < 1.29 is 27.9 Å². The monoisotopic (exact) mass is 282 g/mol. The largest absolute Gasteiger partial charge is 0.481 e. The lowest BCUT2D eigenvalue weighted by molar-refractivity contribution is -0.143. The highest BCUT2D eigenvalue weighted by Gasteiger charge is 2.33. The number of piperidine rings is 1. The van der Waals surface area contributed by atoms with Gasteiger partial charge in [0.2, 0.25) is 0 Å². The maximum atomic E-state index is 11.9. The fourth-order valence-electron chi connectivity index (χ4n) is 2.11. The Labute approximate surface area is 108 Å². The predicted molar refractivity (Wildman–Crippen MR) is 60.6 cm³/mol. The number of urea groups is 1. The summed E-state index contributed by atoms with van der Waals surface area (Å²) in [4.78, 5) is 23.9. The molecule has 0 aromatic rings. The second-order valence-corrected chi connectivity index (χ2v) is 4.70. The third kappa shape index (κ3) is 4.96. The van der Waals surface area contributed by atoms with Crippen molar-refractivity contribution in [2.45, 2.75) is 38.4 Å². The fourth-order valence-corrected chi connectivity index (χ4v) is 2.11. The average Bonchev–Trinajstić information content (AvgIpc) is 2.26. The zero-order valence-corrected chi connectivity index (χ0v) is 10.5. The maximum Gasteiger partial charge on any atom is 0.390 e. The van der Waals surface area contributed by atoms with Gasteiger partial charge in [-0.3, -0.25) is 4.79 Å². The van der Waals surface area contributed by atoms with E-state index in [1.54, 1.807) is 6.92 Å². The topological polar surface area (TPSA) is 69.6 Å². The quantitative estimate of drug-likeness (QED) is 0.829. The number of carboxylic acids is 1. The Morgan fingerprint density at radius 1 is 1.42 bits per heavy atom. The highest BCUT2D eigenvalue weighted by molar-refractivity contribution is 5.75. The van der Waals surface area contributed by atoms with Crippen LogP contribution in [-0.4, -0.2) is 47.3 Å². The number of nitrogens with zero attached hydrogens (tertiary/aromatic N) is 1. The average molecular weight is 282 g/mol. The number of halogens is 3. The van der Waals surface area contributed by atoms with Gasteiger partial charge in [-0.05, 0) is 19.8 Å². The summed E-state index contributed by atoms with van der Waals surface area (Å²) in [6.07, 6.45) is -4.72. The van der Waals surface area contributed by atoms with Crippen molar-refractivity contribution in [2.24, 2.45) is 5.92 Å². The van der Waals surface area contributed by atoms with Gasteiger partial charge < -0.3 is 15.3 Å². The molecule has 2 atom stereocenters. The summed E-state index contributed by atoms with van der Waals surface area (Å²) in [5.74, 6) is -1.39. The van der Waals surface area contributed by atoms with E-state index >= 15 is 0 Å². The van der Waals surface area contributed by atoms with Crippen molar-refractivity contribution in [3.63, 3.8) is 0 Å². The van der Waals surface area contributed by atoms with Crippen molar-refractivity contribution in [1.29, 1.82) is 0 Å². The van der Waals surface area contributed by atoms with E-state index in [0.29, 0.717) is 12.8 Å². The number of rotatable bonds is 3. The molecule has 0 saturated carbocycles. The van der Waals surface area contributed by atoms with Crippen LogP contribution < -0.4 is 5.32 Å².